The van der Waals surface area contributed by atoms with Gasteiger partial charge in [0.2, 0.25) is 0 Å². The number of aryl methyl sites for hydroxylation is 1. The topological polar surface area (TPSA) is 78.4 Å². The number of nitrogens with zero attached hydrogens (tertiary/aromatic N) is 1. The van der Waals surface area contributed by atoms with Gasteiger partial charge >= 0.3 is 0 Å². The van der Waals surface area contributed by atoms with E-state index in [-0.39, 0.29) is 10.6 Å². The third-order valence-electron chi connectivity index (χ3n) is 3.25. The molecule has 0 radical (unpaired) electrons. The van der Waals surface area contributed by atoms with Gasteiger partial charge in [-0.15, -0.1) is 0 Å². The number of benzene rings is 2. The third-order valence-corrected chi connectivity index (χ3v) is 3.25. The molecule has 2 aromatic rings. The monoisotopic (exact) mass is 286 g/mol. The average Bonchev–Trinajstić information content (AvgIpc) is 2.49. The van der Waals surface area contributed by atoms with E-state index in [1.54, 1.807) is 18.2 Å². The van der Waals surface area contributed by atoms with Gasteiger partial charge in [-0.3, -0.25) is 10.1 Å². The Morgan fingerprint density at radius 2 is 1.95 bits per heavy atom. The van der Waals surface area contributed by atoms with Gasteiger partial charge in [0, 0.05) is 30.2 Å². The van der Waals surface area contributed by atoms with E-state index in [0.29, 0.717) is 25.1 Å². The molecule has 0 saturated heterocycles. The van der Waals surface area contributed by atoms with Crippen LogP contribution < -0.4 is 10.5 Å². The molecule has 0 aliphatic rings. The highest BCUT2D eigenvalue weighted by atomic mass is 16.6. The zero-order chi connectivity index (χ0) is 15.2. The molecule has 0 aromatic heterocycles. The third kappa shape index (κ3) is 3.79. The summed E-state index contributed by atoms with van der Waals surface area (Å²) in [5.41, 5.74) is 8.56. The first-order valence-electron chi connectivity index (χ1n) is 6.76. The van der Waals surface area contributed by atoms with Crippen LogP contribution in [-0.4, -0.2) is 11.5 Å². The van der Waals surface area contributed by atoms with Crippen molar-refractivity contribution in [2.75, 3.05) is 6.61 Å². The highest BCUT2D eigenvalue weighted by molar-refractivity contribution is 5.40. The van der Waals surface area contributed by atoms with Crippen molar-refractivity contribution < 1.29 is 9.66 Å². The van der Waals surface area contributed by atoms with E-state index in [9.17, 15) is 10.1 Å². The second-order valence-corrected chi connectivity index (χ2v) is 4.80. The minimum Gasteiger partial charge on any atom is -0.493 e. The van der Waals surface area contributed by atoms with Gasteiger partial charge < -0.3 is 10.5 Å². The van der Waals surface area contributed by atoms with Crippen LogP contribution in [0.2, 0.25) is 0 Å². The molecule has 2 aromatic carbocycles. The molecule has 2 N–H and O–H groups in total. The lowest BCUT2D eigenvalue weighted by Crippen LogP contribution is -2.07. The lowest BCUT2D eigenvalue weighted by Gasteiger charge is -2.11. The fraction of sp³-hybridized carbons (Fsp3) is 0.250. The van der Waals surface area contributed by atoms with Crippen molar-refractivity contribution in [2.45, 2.75) is 19.9 Å². The van der Waals surface area contributed by atoms with E-state index in [1.807, 2.05) is 25.1 Å². The molecule has 5 nitrogen and oxygen atoms in total. The Balaban J connectivity index is 2.04. The maximum Gasteiger partial charge on any atom is 0.272 e. The highest BCUT2D eigenvalue weighted by Crippen LogP contribution is 2.21. The molecule has 0 unspecified atom stereocenters. The fourth-order valence-corrected chi connectivity index (χ4v) is 2.18. The second kappa shape index (κ2) is 6.85. The molecule has 0 aliphatic carbocycles. The number of para-hydroxylation sites is 1. The number of nitrogens with two attached hydrogens (primary N) is 1. The molecular weight excluding hydrogens is 268 g/mol. The predicted molar refractivity (Wildman–Crippen MR) is 81.4 cm³/mol. The van der Waals surface area contributed by atoms with Gasteiger partial charge in [0.05, 0.1) is 11.5 Å². The first-order valence-corrected chi connectivity index (χ1v) is 6.76. The summed E-state index contributed by atoms with van der Waals surface area (Å²) < 4.78 is 5.72. The smallest absolute Gasteiger partial charge is 0.272 e. The molecular formula is C16H18N2O3. The number of hydrogen-bond acceptors (Lipinski definition) is 4. The van der Waals surface area contributed by atoms with E-state index in [1.165, 1.54) is 6.07 Å². The maximum absolute atomic E-state index is 10.9. The van der Waals surface area contributed by atoms with E-state index in [2.05, 4.69) is 0 Å². The molecule has 0 heterocycles. The zero-order valence-corrected chi connectivity index (χ0v) is 11.9. The molecule has 21 heavy (non-hydrogen) atoms. The van der Waals surface area contributed by atoms with Crippen LogP contribution >= 0.6 is 0 Å². The van der Waals surface area contributed by atoms with Crippen molar-refractivity contribution in [1.29, 1.82) is 0 Å². The van der Waals surface area contributed by atoms with Crippen LogP contribution in [0.3, 0.4) is 0 Å². The van der Waals surface area contributed by atoms with Gasteiger partial charge in [0.25, 0.3) is 5.69 Å². The first-order chi connectivity index (χ1) is 10.1. The van der Waals surface area contributed by atoms with Crippen LogP contribution in [0.4, 0.5) is 5.69 Å². The Morgan fingerprint density at radius 3 is 2.67 bits per heavy atom. The number of hydrogen-bond donors (Lipinski definition) is 1. The summed E-state index contributed by atoms with van der Waals surface area (Å²) in [6.07, 6.45) is 0.481. The molecule has 5 heteroatoms. The van der Waals surface area contributed by atoms with Gasteiger partial charge in [-0.05, 0) is 13.0 Å². The minimum absolute atomic E-state index is 0.129. The maximum atomic E-state index is 10.9. The summed E-state index contributed by atoms with van der Waals surface area (Å²) in [4.78, 5) is 10.6. The molecule has 0 amide bonds. The summed E-state index contributed by atoms with van der Waals surface area (Å²) in [5.74, 6) is 0.738. The molecule has 2 rings (SSSR count). The van der Waals surface area contributed by atoms with Crippen molar-refractivity contribution >= 4 is 5.69 Å². The lowest BCUT2D eigenvalue weighted by atomic mass is 10.1. The van der Waals surface area contributed by atoms with Gasteiger partial charge in [-0.1, -0.05) is 35.9 Å². The Hall–Kier alpha value is -2.40. The van der Waals surface area contributed by atoms with Crippen LogP contribution in [0.15, 0.2) is 42.5 Å². The number of nitro benzene ring substituents is 1. The van der Waals surface area contributed by atoms with Crippen LogP contribution in [0.1, 0.15) is 16.7 Å². The van der Waals surface area contributed by atoms with E-state index in [0.717, 1.165) is 16.9 Å². The molecule has 0 fully saturated rings. The van der Waals surface area contributed by atoms with Crippen molar-refractivity contribution in [1.82, 2.24) is 0 Å². The summed E-state index contributed by atoms with van der Waals surface area (Å²) in [6, 6.07) is 12.5. The Labute approximate surface area is 123 Å². The SMILES string of the molecule is Cc1ccc(OCCc2ccccc2[N+](=O)[O-])c(CN)c1. The predicted octanol–water partition coefficient (Wildman–Crippen LogP) is 2.98. The molecule has 0 aliphatic heterocycles. The quantitative estimate of drug-likeness (QED) is 0.654. The van der Waals surface area contributed by atoms with E-state index < -0.39 is 0 Å². The minimum atomic E-state index is -0.369. The molecule has 110 valence electrons. The van der Waals surface area contributed by atoms with Crippen LogP contribution in [0.25, 0.3) is 0 Å². The number of nitro groups is 1. The van der Waals surface area contributed by atoms with Crippen LogP contribution in [0, 0.1) is 17.0 Å². The molecule has 0 bridgehead atoms. The van der Waals surface area contributed by atoms with Crippen molar-refractivity contribution in [3.63, 3.8) is 0 Å². The lowest BCUT2D eigenvalue weighted by molar-refractivity contribution is -0.385. The average molecular weight is 286 g/mol. The van der Waals surface area contributed by atoms with Crippen LogP contribution in [0.5, 0.6) is 5.75 Å². The molecule has 0 spiro atoms. The first kappa shape index (κ1) is 15.0. The van der Waals surface area contributed by atoms with Crippen LogP contribution in [-0.2, 0) is 13.0 Å². The zero-order valence-electron chi connectivity index (χ0n) is 11.9. The highest BCUT2D eigenvalue weighted by Gasteiger charge is 2.12. The summed E-state index contributed by atoms with van der Waals surface area (Å²) in [6.45, 7) is 2.78. The van der Waals surface area contributed by atoms with Gasteiger partial charge in [0.15, 0.2) is 0 Å². The summed E-state index contributed by atoms with van der Waals surface area (Å²) in [7, 11) is 0. The standard InChI is InChI=1S/C16H18N2O3/c1-12-6-7-16(14(10-12)11-17)21-9-8-13-4-2-3-5-15(13)18(19)20/h2-7,10H,8-9,11,17H2,1H3. The Kier molecular flexibility index (Phi) is 4.90. The van der Waals surface area contributed by atoms with Crippen molar-refractivity contribution in [2.24, 2.45) is 5.73 Å². The molecule has 0 saturated carbocycles. The fourth-order valence-electron chi connectivity index (χ4n) is 2.18. The van der Waals surface area contributed by atoms with Gasteiger partial charge in [-0.25, -0.2) is 0 Å². The number of ether oxygens (including phenoxy) is 1. The van der Waals surface area contributed by atoms with Crippen molar-refractivity contribution in [3.05, 3.63) is 69.3 Å². The number of rotatable bonds is 6. The van der Waals surface area contributed by atoms with Crippen molar-refractivity contribution in [3.8, 4) is 5.75 Å². The van der Waals surface area contributed by atoms with Gasteiger partial charge in [-0.2, -0.15) is 0 Å². The normalized spacial score (nSPS) is 10.4. The Bertz CT molecular complexity index is 641. The summed E-state index contributed by atoms with van der Waals surface area (Å²) in [5, 5.41) is 10.9. The van der Waals surface area contributed by atoms with E-state index >= 15 is 0 Å². The van der Waals surface area contributed by atoms with E-state index in [4.69, 9.17) is 10.5 Å². The molecule has 0 atom stereocenters. The Morgan fingerprint density at radius 1 is 1.19 bits per heavy atom. The largest absolute Gasteiger partial charge is 0.493 e. The second-order valence-electron chi connectivity index (χ2n) is 4.80. The van der Waals surface area contributed by atoms with Gasteiger partial charge in [0.1, 0.15) is 5.75 Å². The summed E-state index contributed by atoms with van der Waals surface area (Å²) >= 11 is 0.